The quantitative estimate of drug-likeness (QED) is 0.404. The number of hydrogen-bond acceptors (Lipinski definition) is 5. The first-order valence-electron chi connectivity index (χ1n) is 11.1. The van der Waals surface area contributed by atoms with Gasteiger partial charge in [0.05, 0.1) is 16.6 Å². The van der Waals surface area contributed by atoms with Gasteiger partial charge in [-0.05, 0) is 50.8 Å². The summed E-state index contributed by atoms with van der Waals surface area (Å²) in [6, 6.07) is 4.78. The second-order valence-corrected chi connectivity index (χ2v) is 8.88. The van der Waals surface area contributed by atoms with Crippen LogP contribution in [0, 0.1) is 26.7 Å². The fourth-order valence-corrected chi connectivity index (χ4v) is 4.26. The number of nitrogens with zero attached hydrogens (tertiary/aromatic N) is 1. The summed E-state index contributed by atoms with van der Waals surface area (Å²) < 4.78 is 0. The van der Waals surface area contributed by atoms with Crippen molar-refractivity contribution in [3.05, 3.63) is 51.8 Å². The third-order valence-corrected chi connectivity index (χ3v) is 5.87. The maximum Gasteiger partial charge on any atom is 0.335 e. The molecule has 0 spiro atoms. The van der Waals surface area contributed by atoms with Gasteiger partial charge in [-0.1, -0.05) is 55.0 Å². The van der Waals surface area contributed by atoms with E-state index in [1.807, 2.05) is 32.9 Å². The van der Waals surface area contributed by atoms with Crippen molar-refractivity contribution in [2.45, 2.75) is 59.3 Å². The number of aromatic nitrogens is 1. The smallest absolute Gasteiger partial charge is 0.335 e. The van der Waals surface area contributed by atoms with Gasteiger partial charge in [-0.15, -0.1) is 0 Å². The lowest BCUT2D eigenvalue weighted by Gasteiger charge is -2.16. The lowest BCUT2D eigenvalue weighted by atomic mass is 10.0. The second kappa shape index (κ2) is 11.1. The van der Waals surface area contributed by atoms with Crippen LogP contribution in [0.3, 0.4) is 0 Å². The summed E-state index contributed by atoms with van der Waals surface area (Å²) in [5, 5.41) is 5.65. The average molecular weight is 473 g/mol. The maximum atomic E-state index is 12.7. The Morgan fingerprint density at radius 3 is 2.24 bits per heavy atom. The van der Waals surface area contributed by atoms with Crippen molar-refractivity contribution in [2.75, 3.05) is 10.6 Å². The minimum atomic E-state index is -0.758. The number of amides is 3. The van der Waals surface area contributed by atoms with Crippen LogP contribution in [0.2, 0.25) is 5.02 Å². The van der Waals surface area contributed by atoms with Gasteiger partial charge in [0.1, 0.15) is 0 Å². The first kappa shape index (κ1) is 24.5. The molecule has 1 aliphatic rings. The standard InChI is InChI=1S/C24H29ClN4O4/c1-14-10-15(2)20(16(3)11-14)28-24(32)27-19-12-18(25)13-26-21(19)22(30)29-33-23(31)17-8-6-4-5-7-9-17/h10-13,17H,4-9H2,1-3H3,(H,29,30)(H2,27,28,32). The Labute approximate surface area is 198 Å². The monoisotopic (exact) mass is 472 g/mol. The molecular formula is C24H29ClN4O4. The Balaban J connectivity index is 1.67. The summed E-state index contributed by atoms with van der Waals surface area (Å²) >= 11 is 6.03. The van der Waals surface area contributed by atoms with E-state index in [1.54, 1.807) is 0 Å². The number of aryl methyl sites for hydroxylation is 3. The molecule has 0 unspecified atom stereocenters. The van der Waals surface area contributed by atoms with Crippen molar-refractivity contribution in [2.24, 2.45) is 5.92 Å². The van der Waals surface area contributed by atoms with Crippen LogP contribution in [0.25, 0.3) is 0 Å². The molecule has 9 heteroatoms. The summed E-state index contributed by atoms with van der Waals surface area (Å²) in [4.78, 5) is 46.7. The number of carbonyl (C=O) groups excluding carboxylic acids is 3. The van der Waals surface area contributed by atoms with Gasteiger partial charge in [0.2, 0.25) is 0 Å². The summed E-state index contributed by atoms with van der Waals surface area (Å²) in [6.07, 6.45) is 6.91. The fourth-order valence-electron chi connectivity index (χ4n) is 4.10. The molecule has 3 rings (SSSR count). The van der Waals surface area contributed by atoms with E-state index in [9.17, 15) is 14.4 Å². The lowest BCUT2D eigenvalue weighted by Crippen LogP contribution is -2.32. The van der Waals surface area contributed by atoms with Gasteiger partial charge >= 0.3 is 17.9 Å². The Morgan fingerprint density at radius 1 is 0.970 bits per heavy atom. The molecule has 3 N–H and O–H groups in total. The van der Waals surface area contributed by atoms with Crippen LogP contribution in [-0.4, -0.2) is 22.9 Å². The molecule has 1 saturated carbocycles. The second-order valence-electron chi connectivity index (χ2n) is 8.44. The van der Waals surface area contributed by atoms with E-state index in [4.69, 9.17) is 16.4 Å². The molecular weight excluding hydrogens is 444 g/mol. The molecule has 1 aromatic heterocycles. The SMILES string of the molecule is Cc1cc(C)c(NC(=O)Nc2cc(Cl)cnc2C(=O)NOC(=O)C2CCCCCC2)c(C)c1. The molecule has 176 valence electrons. The van der Waals surface area contributed by atoms with Crippen LogP contribution < -0.4 is 16.1 Å². The van der Waals surface area contributed by atoms with Gasteiger partial charge in [-0.3, -0.25) is 4.79 Å². The first-order valence-corrected chi connectivity index (χ1v) is 11.4. The van der Waals surface area contributed by atoms with Gasteiger partial charge in [0.15, 0.2) is 5.69 Å². The molecule has 3 amide bonds. The highest BCUT2D eigenvalue weighted by atomic mass is 35.5. The van der Waals surface area contributed by atoms with Gasteiger partial charge in [-0.2, -0.15) is 5.48 Å². The molecule has 33 heavy (non-hydrogen) atoms. The van der Waals surface area contributed by atoms with E-state index in [0.29, 0.717) is 5.69 Å². The average Bonchev–Trinajstić information content (AvgIpc) is 3.04. The number of carbonyl (C=O) groups is 3. The number of halogens is 1. The topological polar surface area (TPSA) is 109 Å². The predicted octanol–water partition coefficient (Wildman–Crippen LogP) is 5.46. The van der Waals surface area contributed by atoms with E-state index in [0.717, 1.165) is 55.2 Å². The van der Waals surface area contributed by atoms with Crippen LogP contribution in [0.15, 0.2) is 24.4 Å². The van der Waals surface area contributed by atoms with E-state index < -0.39 is 17.9 Å². The van der Waals surface area contributed by atoms with Crippen LogP contribution in [0.5, 0.6) is 0 Å². The molecule has 1 fully saturated rings. The number of hydrogen-bond donors (Lipinski definition) is 3. The molecule has 1 heterocycles. The third kappa shape index (κ3) is 6.68. The van der Waals surface area contributed by atoms with Gasteiger partial charge in [0, 0.05) is 11.9 Å². The largest absolute Gasteiger partial charge is 0.340 e. The fraction of sp³-hybridized carbons (Fsp3) is 0.417. The normalized spacial score (nSPS) is 14.2. The highest BCUT2D eigenvalue weighted by molar-refractivity contribution is 6.31. The van der Waals surface area contributed by atoms with Crippen LogP contribution in [-0.2, 0) is 9.63 Å². The van der Waals surface area contributed by atoms with E-state index in [1.165, 1.54) is 12.3 Å². The van der Waals surface area contributed by atoms with Gasteiger partial charge < -0.3 is 15.5 Å². The number of hydroxylamine groups is 1. The molecule has 2 aromatic rings. The number of rotatable bonds is 4. The molecule has 0 radical (unpaired) electrons. The van der Waals surface area contributed by atoms with Crippen LogP contribution in [0.1, 0.15) is 65.7 Å². The van der Waals surface area contributed by atoms with Gasteiger partial charge in [0.25, 0.3) is 0 Å². The number of benzene rings is 1. The van der Waals surface area contributed by atoms with Crippen molar-refractivity contribution < 1.29 is 19.2 Å². The zero-order valence-electron chi connectivity index (χ0n) is 19.1. The minimum absolute atomic E-state index is 0.0884. The van der Waals surface area contributed by atoms with E-state index >= 15 is 0 Å². The molecule has 1 aromatic carbocycles. The number of anilines is 2. The van der Waals surface area contributed by atoms with Gasteiger partial charge in [-0.25, -0.2) is 14.6 Å². The Morgan fingerprint density at radius 2 is 1.61 bits per heavy atom. The Hall–Kier alpha value is -3.13. The maximum absolute atomic E-state index is 12.7. The first-order chi connectivity index (χ1) is 15.7. The molecule has 0 saturated heterocycles. The zero-order chi connectivity index (χ0) is 24.0. The molecule has 0 bridgehead atoms. The minimum Gasteiger partial charge on any atom is -0.340 e. The van der Waals surface area contributed by atoms with E-state index in [2.05, 4.69) is 21.1 Å². The van der Waals surface area contributed by atoms with E-state index in [-0.39, 0.29) is 22.3 Å². The summed E-state index contributed by atoms with van der Waals surface area (Å²) in [6.45, 7) is 5.78. The highest BCUT2D eigenvalue weighted by Gasteiger charge is 2.24. The van der Waals surface area contributed by atoms with Crippen LogP contribution >= 0.6 is 11.6 Å². The Kier molecular flexibility index (Phi) is 8.27. The van der Waals surface area contributed by atoms with Crippen molar-refractivity contribution in [1.29, 1.82) is 0 Å². The molecule has 0 aliphatic heterocycles. The lowest BCUT2D eigenvalue weighted by molar-refractivity contribution is -0.154. The van der Waals surface area contributed by atoms with Crippen molar-refractivity contribution >= 4 is 40.9 Å². The number of urea groups is 1. The van der Waals surface area contributed by atoms with Crippen molar-refractivity contribution in [1.82, 2.24) is 10.5 Å². The molecule has 1 aliphatic carbocycles. The summed E-state index contributed by atoms with van der Waals surface area (Å²) in [7, 11) is 0. The predicted molar refractivity (Wildman–Crippen MR) is 127 cm³/mol. The third-order valence-electron chi connectivity index (χ3n) is 5.67. The highest BCUT2D eigenvalue weighted by Crippen LogP contribution is 2.25. The number of nitrogens with one attached hydrogen (secondary N) is 3. The van der Waals surface area contributed by atoms with Crippen molar-refractivity contribution in [3.8, 4) is 0 Å². The van der Waals surface area contributed by atoms with Crippen molar-refractivity contribution in [3.63, 3.8) is 0 Å². The summed E-state index contributed by atoms with van der Waals surface area (Å²) in [5.41, 5.74) is 5.71. The Bertz CT molecular complexity index is 1030. The number of pyridine rings is 1. The zero-order valence-corrected chi connectivity index (χ0v) is 19.8. The molecule has 8 nitrogen and oxygen atoms in total. The van der Waals surface area contributed by atoms with Crippen LogP contribution in [0.4, 0.5) is 16.2 Å². The summed E-state index contributed by atoms with van der Waals surface area (Å²) in [5.74, 6) is -1.45. The molecule has 0 atom stereocenters.